The number of carbonyl (C=O) groups is 1. The van der Waals surface area contributed by atoms with Crippen LogP contribution in [0.3, 0.4) is 0 Å². The third kappa shape index (κ3) is 4.87. The van der Waals surface area contributed by atoms with Gasteiger partial charge in [-0.1, -0.05) is 13.8 Å². The van der Waals surface area contributed by atoms with Gasteiger partial charge in [0.15, 0.2) is 0 Å². The lowest BCUT2D eigenvalue weighted by molar-refractivity contribution is -0.118. The highest BCUT2D eigenvalue weighted by molar-refractivity contribution is 5.73. The Hall–Kier alpha value is -2.03. The topological polar surface area (TPSA) is 96.7 Å². The van der Waals surface area contributed by atoms with Gasteiger partial charge >= 0.3 is 0 Å². The van der Waals surface area contributed by atoms with Crippen molar-refractivity contribution >= 4 is 11.6 Å². The van der Waals surface area contributed by atoms with Crippen molar-refractivity contribution in [2.45, 2.75) is 33.2 Å². The fraction of sp³-hybridized carbons (Fsp3) is 0.583. The molecule has 1 aromatic rings. The normalized spacial score (nSPS) is 10.9. The van der Waals surface area contributed by atoms with E-state index in [2.05, 4.69) is 30.3 Å². The van der Waals surface area contributed by atoms with E-state index in [-0.39, 0.29) is 12.0 Å². The molecule has 0 saturated heterocycles. The van der Waals surface area contributed by atoms with Crippen molar-refractivity contribution in [2.75, 3.05) is 11.9 Å². The van der Waals surface area contributed by atoms with Crippen LogP contribution >= 0.6 is 0 Å². The molecule has 0 aliphatic rings. The summed E-state index contributed by atoms with van der Waals surface area (Å²) in [6.07, 6.45) is 4.79. The van der Waals surface area contributed by atoms with Crippen LogP contribution in [-0.4, -0.2) is 22.2 Å². The molecule has 6 nitrogen and oxygen atoms in total. The van der Waals surface area contributed by atoms with Gasteiger partial charge in [-0.05, 0) is 11.8 Å². The number of carbonyl (C=O) groups excluding carboxylic acids is 1. The van der Waals surface area contributed by atoms with E-state index in [1.165, 1.54) is 4.68 Å². The molecule has 0 bridgehead atoms. The van der Waals surface area contributed by atoms with Crippen LogP contribution in [0.2, 0.25) is 0 Å². The van der Waals surface area contributed by atoms with E-state index in [9.17, 15) is 4.79 Å². The maximum Gasteiger partial charge on any atom is 0.239 e. The molecule has 0 unspecified atom stereocenters. The quantitative estimate of drug-likeness (QED) is 0.756. The van der Waals surface area contributed by atoms with Crippen molar-refractivity contribution in [3.8, 4) is 6.07 Å². The molecule has 1 rings (SSSR count). The molecular weight excluding hydrogens is 230 g/mol. The first-order valence-corrected chi connectivity index (χ1v) is 5.84. The van der Waals surface area contributed by atoms with E-state index in [1.54, 1.807) is 12.4 Å². The number of nitriles is 1. The summed E-state index contributed by atoms with van der Waals surface area (Å²) in [5.74, 6) is -0.418. The van der Waals surface area contributed by atoms with Crippen LogP contribution in [0, 0.1) is 16.7 Å². The number of nitrogens with two attached hydrogens (primary N) is 1. The Labute approximate surface area is 107 Å². The third-order valence-corrected chi connectivity index (χ3v) is 2.64. The summed E-state index contributed by atoms with van der Waals surface area (Å²) in [4.78, 5) is 10.7. The molecule has 0 aliphatic carbocycles. The van der Waals surface area contributed by atoms with E-state index in [0.717, 1.165) is 18.7 Å². The summed E-state index contributed by atoms with van der Waals surface area (Å²) >= 11 is 0. The van der Waals surface area contributed by atoms with Crippen molar-refractivity contribution < 1.29 is 4.79 Å². The standard InChI is InChI=1S/C12H19N5O/c1-12(2,4-3-5-13)9-15-10-6-16-17(7-10)8-11(14)18/h6-7,15H,3-4,8-9H2,1-2H3,(H2,14,18). The average Bonchev–Trinajstić information content (AvgIpc) is 2.71. The molecule has 3 N–H and O–H groups in total. The molecule has 0 spiro atoms. The van der Waals surface area contributed by atoms with Crippen LogP contribution in [-0.2, 0) is 11.3 Å². The van der Waals surface area contributed by atoms with E-state index >= 15 is 0 Å². The smallest absolute Gasteiger partial charge is 0.239 e. The highest BCUT2D eigenvalue weighted by Crippen LogP contribution is 2.22. The van der Waals surface area contributed by atoms with Crippen molar-refractivity contribution in [1.29, 1.82) is 5.26 Å². The Kier molecular flexibility index (Phi) is 4.72. The van der Waals surface area contributed by atoms with E-state index in [0.29, 0.717) is 6.42 Å². The number of nitrogens with one attached hydrogen (secondary N) is 1. The Balaban J connectivity index is 2.46. The van der Waals surface area contributed by atoms with Gasteiger partial charge in [-0.3, -0.25) is 9.48 Å². The van der Waals surface area contributed by atoms with Gasteiger partial charge in [-0.25, -0.2) is 0 Å². The third-order valence-electron chi connectivity index (χ3n) is 2.64. The first kappa shape index (κ1) is 14.0. The molecule has 18 heavy (non-hydrogen) atoms. The minimum absolute atomic E-state index is 0.0432. The number of rotatable bonds is 7. The number of anilines is 1. The summed E-state index contributed by atoms with van der Waals surface area (Å²) in [5.41, 5.74) is 5.97. The lowest BCUT2D eigenvalue weighted by Crippen LogP contribution is -2.22. The summed E-state index contributed by atoms with van der Waals surface area (Å²) < 4.78 is 1.49. The number of amides is 1. The highest BCUT2D eigenvalue weighted by Gasteiger charge is 2.17. The molecule has 0 aromatic carbocycles. The number of primary amides is 1. The van der Waals surface area contributed by atoms with E-state index in [1.807, 2.05) is 0 Å². The maximum absolute atomic E-state index is 10.7. The molecule has 0 aliphatic heterocycles. The van der Waals surface area contributed by atoms with Gasteiger partial charge in [0.25, 0.3) is 0 Å². The molecule has 0 fully saturated rings. The van der Waals surface area contributed by atoms with Gasteiger partial charge in [-0.15, -0.1) is 0 Å². The van der Waals surface area contributed by atoms with Gasteiger partial charge in [0.2, 0.25) is 5.91 Å². The number of hydrogen-bond acceptors (Lipinski definition) is 4. The number of hydrogen-bond donors (Lipinski definition) is 2. The van der Waals surface area contributed by atoms with Crippen LogP contribution in [0.5, 0.6) is 0 Å². The lowest BCUT2D eigenvalue weighted by Gasteiger charge is -2.23. The second kappa shape index (κ2) is 6.05. The summed E-state index contributed by atoms with van der Waals surface area (Å²) in [5, 5.41) is 15.8. The maximum atomic E-state index is 10.7. The molecule has 1 aromatic heterocycles. The van der Waals surface area contributed by atoms with Gasteiger partial charge in [-0.2, -0.15) is 10.4 Å². The predicted molar refractivity (Wildman–Crippen MR) is 68.5 cm³/mol. The second-order valence-electron chi connectivity index (χ2n) is 5.07. The highest BCUT2D eigenvalue weighted by atomic mass is 16.1. The molecule has 0 radical (unpaired) electrons. The van der Waals surface area contributed by atoms with E-state index < -0.39 is 5.91 Å². The monoisotopic (exact) mass is 249 g/mol. The zero-order chi connectivity index (χ0) is 13.6. The van der Waals surface area contributed by atoms with Crippen LogP contribution in [0.15, 0.2) is 12.4 Å². The van der Waals surface area contributed by atoms with Crippen LogP contribution in [0.4, 0.5) is 5.69 Å². The zero-order valence-corrected chi connectivity index (χ0v) is 10.8. The molecule has 0 atom stereocenters. The van der Waals surface area contributed by atoms with Crippen molar-refractivity contribution in [1.82, 2.24) is 9.78 Å². The minimum Gasteiger partial charge on any atom is -0.382 e. The molecule has 98 valence electrons. The van der Waals surface area contributed by atoms with Crippen molar-refractivity contribution in [2.24, 2.45) is 11.1 Å². The molecule has 1 heterocycles. The molecular formula is C12H19N5O. The Morgan fingerprint density at radius 3 is 3.00 bits per heavy atom. The average molecular weight is 249 g/mol. The Bertz CT molecular complexity index is 444. The van der Waals surface area contributed by atoms with Crippen LogP contribution in [0.1, 0.15) is 26.7 Å². The summed E-state index contributed by atoms with van der Waals surface area (Å²) in [6, 6.07) is 2.15. The Morgan fingerprint density at radius 1 is 1.67 bits per heavy atom. The van der Waals surface area contributed by atoms with Gasteiger partial charge in [0, 0.05) is 19.2 Å². The largest absolute Gasteiger partial charge is 0.382 e. The first-order chi connectivity index (χ1) is 8.43. The summed E-state index contributed by atoms with van der Waals surface area (Å²) in [6.45, 7) is 5.03. The Morgan fingerprint density at radius 2 is 2.39 bits per heavy atom. The zero-order valence-electron chi connectivity index (χ0n) is 10.8. The number of nitrogens with zero attached hydrogens (tertiary/aromatic N) is 3. The van der Waals surface area contributed by atoms with Crippen LogP contribution in [0.25, 0.3) is 0 Å². The predicted octanol–water partition coefficient (Wildman–Crippen LogP) is 1.11. The van der Waals surface area contributed by atoms with E-state index in [4.69, 9.17) is 11.0 Å². The molecule has 6 heteroatoms. The van der Waals surface area contributed by atoms with Crippen molar-refractivity contribution in [3.63, 3.8) is 0 Å². The van der Waals surface area contributed by atoms with Gasteiger partial charge in [0.1, 0.15) is 6.54 Å². The van der Waals surface area contributed by atoms with Gasteiger partial charge < -0.3 is 11.1 Å². The van der Waals surface area contributed by atoms with Crippen molar-refractivity contribution in [3.05, 3.63) is 12.4 Å². The first-order valence-electron chi connectivity index (χ1n) is 5.84. The van der Waals surface area contributed by atoms with Crippen LogP contribution < -0.4 is 11.1 Å². The summed E-state index contributed by atoms with van der Waals surface area (Å²) in [7, 11) is 0. The second-order valence-corrected chi connectivity index (χ2v) is 5.07. The minimum atomic E-state index is -0.418. The number of aromatic nitrogens is 2. The van der Waals surface area contributed by atoms with Gasteiger partial charge in [0.05, 0.1) is 18.0 Å². The molecule has 1 amide bonds. The fourth-order valence-corrected chi connectivity index (χ4v) is 1.53. The fourth-order valence-electron chi connectivity index (χ4n) is 1.53. The lowest BCUT2D eigenvalue weighted by atomic mass is 9.88. The molecule has 0 saturated carbocycles. The SMILES string of the molecule is CC(C)(CCC#N)CNc1cnn(CC(N)=O)c1.